The van der Waals surface area contributed by atoms with Crippen LogP contribution >= 0.6 is 12.6 Å². The minimum absolute atomic E-state index is 0.199. The second-order valence-electron chi connectivity index (χ2n) is 1.12. The van der Waals surface area contributed by atoms with Gasteiger partial charge < -0.3 is 10.4 Å². The Labute approximate surface area is 59.2 Å². The average molecular weight is 150 g/mol. The Morgan fingerprint density at radius 2 is 1.89 bits per heavy atom. The summed E-state index contributed by atoms with van der Waals surface area (Å²) in [5.74, 6) is -0.833. The third kappa shape index (κ3) is 123. The molecule has 0 aromatic rings. The maximum absolute atomic E-state index is 9.00. The number of carbonyl (C=O) groups is 1. The number of thiol groups is 1. The summed E-state index contributed by atoms with van der Waals surface area (Å²) in [4.78, 5) is 9.00. The van der Waals surface area contributed by atoms with Crippen LogP contribution in [0.1, 0.15) is 6.92 Å². The number of amidine groups is 1. The van der Waals surface area contributed by atoms with E-state index in [4.69, 9.17) is 15.3 Å². The molecule has 0 aromatic heterocycles. The number of carboxylic acid groups (broad SMARTS) is 1. The molecule has 0 unspecified atom stereocenters. The van der Waals surface area contributed by atoms with Crippen molar-refractivity contribution in [1.29, 1.82) is 5.41 Å². The first-order chi connectivity index (χ1) is 4.00. The summed E-state index contributed by atoms with van der Waals surface area (Å²) in [6.45, 7) is 1.08. The third-order valence-corrected chi connectivity index (χ3v) is 0.460. The van der Waals surface area contributed by atoms with Crippen molar-refractivity contribution in [3.05, 3.63) is 0 Å². The Morgan fingerprint density at radius 3 is 1.89 bits per heavy atom. The molecule has 3 N–H and O–H groups in total. The van der Waals surface area contributed by atoms with Crippen molar-refractivity contribution in [2.24, 2.45) is 0 Å². The van der Waals surface area contributed by atoms with Gasteiger partial charge in [0.1, 0.15) is 5.17 Å². The first-order valence-corrected chi connectivity index (χ1v) is 2.60. The van der Waals surface area contributed by atoms with E-state index >= 15 is 0 Å². The van der Waals surface area contributed by atoms with Crippen molar-refractivity contribution in [3.63, 3.8) is 0 Å². The van der Waals surface area contributed by atoms with Gasteiger partial charge in [-0.2, -0.15) is 0 Å². The van der Waals surface area contributed by atoms with Crippen LogP contribution in [-0.2, 0) is 4.79 Å². The maximum atomic E-state index is 9.00. The van der Waals surface area contributed by atoms with Gasteiger partial charge in [0.25, 0.3) is 5.97 Å². The number of hydrogen-bond acceptors (Lipinski definition) is 2. The molecular formula is C4H10N2O2S. The summed E-state index contributed by atoms with van der Waals surface area (Å²) in [7, 11) is 1.65. The number of carboxylic acids is 1. The van der Waals surface area contributed by atoms with Crippen molar-refractivity contribution < 1.29 is 9.90 Å². The van der Waals surface area contributed by atoms with Crippen LogP contribution in [0, 0.1) is 5.41 Å². The van der Waals surface area contributed by atoms with E-state index in [9.17, 15) is 0 Å². The summed E-state index contributed by atoms with van der Waals surface area (Å²) >= 11 is 3.57. The summed E-state index contributed by atoms with van der Waals surface area (Å²) in [6, 6.07) is 0. The van der Waals surface area contributed by atoms with Crippen LogP contribution in [0.5, 0.6) is 0 Å². The smallest absolute Gasteiger partial charge is 0.300 e. The normalized spacial score (nSPS) is 6.56. The van der Waals surface area contributed by atoms with Crippen LogP contribution in [-0.4, -0.2) is 23.3 Å². The van der Waals surface area contributed by atoms with Gasteiger partial charge in [0.05, 0.1) is 0 Å². The van der Waals surface area contributed by atoms with E-state index < -0.39 is 5.97 Å². The van der Waals surface area contributed by atoms with Crippen molar-refractivity contribution in [3.8, 4) is 0 Å². The van der Waals surface area contributed by atoms with Crippen LogP contribution in [0.3, 0.4) is 0 Å². The Morgan fingerprint density at radius 1 is 1.78 bits per heavy atom. The average Bonchev–Trinajstić information content (AvgIpc) is 1.65. The van der Waals surface area contributed by atoms with Crippen LogP contribution in [0.15, 0.2) is 0 Å². The minimum Gasteiger partial charge on any atom is -0.481 e. The van der Waals surface area contributed by atoms with Gasteiger partial charge in [0.2, 0.25) is 0 Å². The van der Waals surface area contributed by atoms with Crippen molar-refractivity contribution in [2.45, 2.75) is 6.92 Å². The van der Waals surface area contributed by atoms with Gasteiger partial charge in [-0.3, -0.25) is 10.2 Å². The zero-order valence-electron chi connectivity index (χ0n) is 5.30. The van der Waals surface area contributed by atoms with Gasteiger partial charge in [0, 0.05) is 14.0 Å². The van der Waals surface area contributed by atoms with Gasteiger partial charge in [-0.1, -0.05) is 0 Å². The third-order valence-electron chi connectivity index (χ3n) is 0.237. The molecule has 0 saturated heterocycles. The fraction of sp³-hybridized carbons (Fsp3) is 0.500. The molecule has 0 aliphatic heterocycles. The van der Waals surface area contributed by atoms with Crippen molar-refractivity contribution in [2.75, 3.05) is 7.05 Å². The zero-order valence-corrected chi connectivity index (χ0v) is 6.20. The van der Waals surface area contributed by atoms with Gasteiger partial charge >= 0.3 is 0 Å². The highest BCUT2D eigenvalue weighted by Gasteiger charge is 1.67. The van der Waals surface area contributed by atoms with Crippen molar-refractivity contribution >= 4 is 23.8 Å². The van der Waals surface area contributed by atoms with Crippen LogP contribution in [0.2, 0.25) is 0 Å². The lowest BCUT2D eigenvalue weighted by Crippen LogP contribution is -2.08. The summed E-state index contributed by atoms with van der Waals surface area (Å²) in [5.41, 5.74) is 0. The van der Waals surface area contributed by atoms with E-state index in [1.54, 1.807) is 7.05 Å². The highest BCUT2D eigenvalue weighted by Crippen LogP contribution is 1.63. The molecule has 5 heteroatoms. The number of aliphatic carboxylic acids is 1. The highest BCUT2D eigenvalue weighted by atomic mass is 32.1. The van der Waals surface area contributed by atoms with Crippen molar-refractivity contribution in [1.82, 2.24) is 5.32 Å². The SMILES string of the molecule is CC(=O)O.CNC(=N)S. The molecule has 0 fully saturated rings. The van der Waals surface area contributed by atoms with E-state index in [-0.39, 0.29) is 5.17 Å². The van der Waals surface area contributed by atoms with Gasteiger partial charge in [-0.15, -0.1) is 12.6 Å². The largest absolute Gasteiger partial charge is 0.481 e. The first-order valence-electron chi connectivity index (χ1n) is 2.15. The fourth-order valence-electron chi connectivity index (χ4n) is 0. The van der Waals surface area contributed by atoms with Gasteiger partial charge in [0.15, 0.2) is 0 Å². The molecular weight excluding hydrogens is 140 g/mol. The molecule has 0 heterocycles. The molecule has 0 aromatic carbocycles. The Hall–Kier alpha value is -0.710. The molecule has 0 saturated carbocycles. The molecule has 0 amide bonds. The monoisotopic (exact) mass is 150 g/mol. The molecule has 0 bridgehead atoms. The fourth-order valence-corrected chi connectivity index (χ4v) is 0. The molecule has 0 aliphatic carbocycles. The number of hydrogen-bond donors (Lipinski definition) is 4. The summed E-state index contributed by atoms with van der Waals surface area (Å²) < 4.78 is 0. The van der Waals surface area contributed by atoms with Crippen LogP contribution in [0.25, 0.3) is 0 Å². The van der Waals surface area contributed by atoms with Crippen LogP contribution < -0.4 is 5.32 Å². The molecule has 0 spiro atoms. The molecule has 0 rings (SSSR count). The number of rotatable bonds is 0. The Balaban J connectivity index is 0. The lowest BCUT2D eigenvalue weighted by atomic mass is 10.9. The molecule has 0 radical (unpaired) electrons. The van der Waals surface area contributed by atoms with E-state index in [0.29, 0.717) is 0 Å². The lowest BCUT2D eigenvalue weighted by Gasteiger charge is -1.83. The molecule has 0 aliphatic rings. The van der Waals surface area contributed by atoms with Crippen LogP contribution in [0.4, 0.5) is 0 Å². The van der Waals surface area contributed by atoms with E-state index in [2.05, 4.69) is 17.9 Å². The molecule has 4 nitrogen and oxygen atoms in total. The lowest BCUT2D eigenvalue weighted by molar-refractivity contribution is -0.134. The predicted molar refractivity (Wildman–Crippen MR) is 39.1 cm³/mol. The summed E-state index contributed by atoms with van der Waals surface area (Å²) in [5, 5.41) is 16.6. The second-order valence-corrected chi connectivity index (χ2v) is 1.56. The Kier molecular flexibility index (Phi) is 9.02. The summed E-state index contributed by atoms with van der Waals surface area (Å²) in [6.07, 6.45) is 0. The standard InChI is InChI=1S/C2H6N2S.C2H4O2/c1-4-2(3)5;1-2(3)4/h1H3,(H3,3,4,5);1H3,(H,3,4). The topological polar surface area (TPSA) is 73.2 Å². The van der Waals surface area contributed by atoms with E-state index in [1.807, 2.05) is 0 Å². The first kappa shape index (κ1) is 11.1. The quantitative estimate of drug-likeness (QED) is 0.226. The zero-order chi connectivity index (χ0) is 7.86. The predicted octanol–water partition coefficient (Wildman–Crippen LogP) is 0.161. The maximum Gasteiger partial charge on any atom is 0.300 e. The molecule has 0 atom stereocenters. The highest BCUT2D eigenvalue weighted by molar-refractivity contribution is 7.96. The minimum atomic E-state index is -0.833. The van der Waals surface area contributed by atoms with E-state index in [1.165, 1.54) is 0 Å². The molecule has 54 valence electrons. The van der Waals surface area contributed by atoms with Gasteiger partial charge in [-0.25, -0.2) is 0 Å². The second kappa shape index (κ2) is 7.29. The van der Waals surface area contributed by atoms with Gasteiger partial charge in [-0.05, 0) is 0 Å². The Bertz CT molecular complexity index is 101. The number of nitrogens with one attached hydrogen (secondary N) is 2. The molecule has 9 heavy (non-hydrogen) atoms. The van der Waals surface area contributed by atoms with E-state index in [0.717, 1.165) is 6.92 Å².